The first-order chi connectivity index (χ1) is 11.0. The minimum absolute atomic E-state index is 0.0161. The molecule has 0 saturated carbocycles. The van der Waals surface area contributed by atoms with Gasteiger partial charge in [-0.1, -0.05) is 29.8 Å². The lowest BCUT2D eigenvalue weighted by atomic mass is 10.0. The Kier molecular flexibility index (Phi) is 6.02. The second kappa shape index (κ2) is 7.99. The second-order valence-corrected chi connectivity index (χ2v) is 5.87. The molecule has 0 aliphatic heterocycles. The molecule has 0 aliphatic rings. The topological polar surface area (TPSA) is 41.6 Å². The van der Waals surface area contributed by atoms with Gasteiger partial charge >= 0.3 is 0 Å². The molecule has 0 saturated heterocycles. The van der Waals surface area contributed by atoms with Gasteiger partial charge in [-0.25, -0.2) is 0 Å². The van der Waals surface area contributed by atoms with E-state index in [9.17, 15) is 4.79 Å². The maximum absolute atomic E-state index is 12.3. The van der Waals surface area contributed by atoms with Crippen LogP contribution in [0.3, 0.4) is 0 Å². The molecule has 23 heavy (non-hydrogen) atoms. The lowest BCUT2D eigenvalue weighted by molar-refractivity contribution is 0.0941. The van der Waals surface area contributed by atoms with Gasteiger partial charge in [-0.2, -0.15) is 0 Å². The fourth-order valence-corrected chi connectivity index (χ4v) is 2.53. The van der Waals surface area contributed by atoms with Crippen molar-refractivity contribution < 1.29 is 9.53 Å². The fourth-order valence-electron chi connectivity index (χ4n) is 2.41. The third-order valence-corrected chi connectivity index (χ3v) is 3.94. The van der Waals surface area contributed by atoms with Crippen LogP contribution in [-0.2, 0) is 0 Å². The number of amides is 1. The van der Waals surface area contributed by atoms with E-state index >= 15 is 0 Å². The number of nitrogens with zero attached hydrogens (tertiary/aromatic N) is 1. The number of nitrogens with one attached hydrogen (secondary N) is 1. The molecule has 1 atom stereocenters. The van der Waals surface area contributed by atoms with Crippen molar-refractivity contribution in [2.45, 2.75) is 6.04 Å². The SMILES string of the molecule is COc1ccccc1[C@H](CNC(=O)c1ccc(Cl)cc1)N(C)C. The molecular weight excluding hydrogens is 312 g/mol. The van der Waals surface area contributed by atoms with E-state index in [1.54, 1.807) is 31.4 Å². The molecule has 4 nitrogen and oxygen atoms in total. The van der Waals surface area contributed by atoms with Crippen molar-refractivity contribution in [3.63, 3.8) is 0 Å². The van der Waals surface area contributed by atoms with Gasteiger partial charge in [0.25, 0.3) is 5.91 Å². The van der Waals surface area contributed by atoms with E-state index in [1.807, 2.05) is 38.4 Å². The van der Waals surface area contributed by atoms with Crippen LogP contribution in [0.1, 0.15) is 22.0 Å². The predicted octanol–water partition coefficient (Wildman–Crippen LogP) is 3.38. The van der Waals surface area contributed by atoms with Crippen molar-refractivity contribution in [1.82, 2.24) is 10.2 Å². The zero-order valence-corrected chi connectivity index (χ0v) is 14.3. The first-order valence-corrected chi connectivity index (χ1v) is 7.74. The van der Waals surface area contributed by atoms with Crippen molar-refractivity contribution in [3.8, 4) is 5.75 Å². The van der Waals surface area contributed by atoms with Crippen LogP contribution in [0.25, 0.3) is 0 Å². The number of rotatable bonds is 6. The molecule has 0 heterocycles. The summed E-state index contributed by atoms with van der Waals surface area (Å²) in [6.45, 7) is 0.481. The first-order valence-electron chi connectivity index (χ1n) is 7.36. The monoisotopic (exact) mass is 332 g/mol. The summed E-state index contributed by atoms with van der Waals surface area (Å²) >= 11 is 5.85. The molecule has 2 aromatic rings. The molecule has 0 spiro atoms. The van der Waals surface area contributed by atoms with Crippen LogP contribution in [0.5, 0.6) is 5.75 Å². The van der Waals surface area contributed by atoms with E-state index < -0.39 is 0 Å². The van der Waals surface area contributed by atoms with Crippen molar-refractivity contribution in [2.75, 3.05) is 27.7 Å². The average molecular weight is 333 g/mol. The number of hydrogen-bond donors (Lipinski definition) is 1. The molecule has 0 fully saturated rings. The molecule has 2 aromatic carbocycles. The molecule has 1 amide bonds. The highest BCUT2D eigenvalue weighted by atomic mass is 35.5. The van der Waals surface area contributed by atoms with Crippen LogP contribution in [-0.4, -0.2) is 38.6 Å². The van der Waals surface area contributed by atoms with Crippen LogP contribution < -0.4 is 10.1 Å². The van der Waals surface area contributed by atoms with E-state index in [4.69, 9.17) is 16.3 Å². The van der Waals surface area contributed by atoms with Crippen molar-refractivity contribution >= 4 is 17.5 Å². The Hall–Kier alpha value is -2.04. The number of benzene rings is 2. The summed E-state index contributed by atoms with van der Waals surface area (Å²) in [5.41, 5.74) is 1.63. The smallest absolute Gasteiger partial charge is 0.251 e. The van der Waals surface area contributed by atoms with E-state index in [1.165, 1.54) is 0 Å². The predicted molar refractivity (Wildman–Crippen MR) is 93.2 cm³/mol. The second-order valence-electron chi connectivity index (χ2n) is 5.44. The van der Waals surface area contributed by atoms with E-state index in [2.05, 4.69) is 10.2 Å². The number of ether oxygens (including phenoxy) is 1. The number of carbonyl (C=O) groups excluding carboxylic acids is 1. The average Bonchev–Trinajstić information content (AvgIpc) is 2.55. The van der Waals surface area contributed by atoms with Gasteiger partial charge in [-0.15, -0.1) is 0 Å². The number of carbonyl (C=O) groups is 1. The number of methoxy groups -OCH3 is 1. The van der Waals surface area contributed by atoms with Gasteiger partial charge < -0.3 is 15.0 Å². The summed E-state index contributed by atoms with van der Waals surface area (Å²) < 4.78 is 5.43. The van der Waals surface area contributed by atoms with Gasteiger partial charge in [0.2, 0.25) is 0 Å². The number of hydrogen-bond acceptors (Lipinski definition) is 3. The third-order valence-electron chi connectivity index (χ3n) is 3.68. The Morgan fingerprint density at radius 2 is 1.83 bits per heavy atom. The Morgan fingerprint density at radius 3 is 2.43 bits per heavy atom. The highest BCUT2D eigenvalue weighted by Crippen LogP contribution is 2.27. The van der Waals surface area contributed by atoms with Crippen LogP contribution in [0.2, 0.25) is 5.02 Å². The number of para-hydroxylation sites is 1. The third kappa shape index (κ3) is 4.47. The molecule has 122 valence electrons. The van der Waals surface area contributed by atoms with E-state index in [-0.39, 0.29) is 11.9 Å². The van der Waals surface area contributed by atoms with E-state index in [0.29, 0.717) is 17.1 Å². The summed E-state index contributed by atoms with van der Waals surface area (Å²) in [6.07, 6.45) is 0. The van der Waals surface area contributed by atoms with Gasteiger partial charge in [-0.3, -0.25) is 4.79 Å². The quantitative estimate of drug-likeness (QED) is 0.881. The number of halogens is 1. The molecule has 2 rings (SSSR count). The van der Waals surface area contributed by atoms with Gasteiger partial charge in [0.15, 0.2) is 0 Å². The maximum Gasteiger partial charge on any atom is 0.251 e. The molecular formula is C18H21ClN2O2. The standard InChI is InChI=1S/C18H21ClN2O2/c1-21(2)16(15-6-4-5-7-17(15)23-3)12-20-18(22)13-8-10-14(19)11-9-13/h4-11,16H,12H2,1-3H3,(H,20,22)/t16-/m0/s1. The largest absolute Gasteiger partial charge is 0.496 e. The Labute approximate surface area is 142 Å². The van der Waals surface area contributed by atoms with Gasteiger partial charge in [0.05, 0.1) is 13.2 Å². The van der Waals surface area contributed by atoms with Crippen molar-refractivity contribution in [1.29, 1.82) is 0 Å². The maximum atomic E-state index is 12.3. The zero-order chi connectivity index (χ0) is 16.8. The van der Waals surface area contributed by atoms with Gasteiger partial charge in [0, 0.05) is 22.7 Å². The minimum Gasteiger partial charge on any atom is -0.496 e. The van der Waals surface area contributed by atoms with Crippen LogP contribution in [0, 0.1) is 0 Å². The van der Waals surface area contributed by atoms with Crippen LogP contribution in [0.4, 0.5) is 0 Å². The van der Waals surface area contributed by atoms with Crippen molar-refractivity contribution in [3.05, 3.63) is 64.7 Å². The molecule has 0 radical (unpaired) electrons. The molecule has 0 unspecified atom stereocenters. The molecule has 0 bridgehead atoms. The van der Waals surface area contributed by atoms with Gasteiger partial charge in [-0.05, 0) is 44.4 Å². The summed E-state index contributed by atoms with van der Waals surface area (Å²) in [5.74, 6) is 0.690. The summed E-state index contributed by atoms with van der Waals surface area (Å²) in [4.78, 5) is 14.3. The molecule has 0 aliphatic carbocycles. The van der Waals surface area contributed by atoms with Gasteiger partial charge in [0.1, 0.15) is 5.75 Å². The summed E-state index contributed by atoms with van der Waals surface area (Å²) in [7, 11) is 5.61. The zero-order valence-electron chi connectivity index (χ0n) is 13.5. The molecule has 1 N–H and O–H groups in total. The van der Waals surface area contributed by atoms with Crippen molar-refractivity contribution in [2.24, 2.45) is 0 Å². The highest BCUT2D eigenvalue weighted by Gasteiger charge is 2.19. The number of likely N-dealkylation sites (N-methyl/N-ethyl adjacent to an activating group) is 1. The molecule has 0 aromatic heterocycles. The fraction of sp³-hybridized carbons (Fsp3) is 0.278. The summed E-state index contributed by atoms with van der Waals surface area (Å²) in [6, 6.07) is 14.7. The van der Waals surface area contributed by atoms with E-state index in [0.717, 1.165) is 11.3 Å². The minimum atomic E-state index is -0.122. The normalized spacial score (nSPS) is 12.0. The Balaban J connectivity index is 2.11. The Morgan fingerprint density at radius 1 is 1.17 bits per heavy atom. The highest BCUT2D eigenvalue weighted by molar-refractivity contribution is 6.30. The van der Waals surface area contributed by atoms with Crippen LogP contribution >= 0.6 is 11.6 Å². The molecule has 5 heteroatoms. The Bertz CT molecular complexity index is 656. The first kappa shape index (κ1) is 17.3. The lowest BCUT2D eigenvalue weighted by Gasteiger charge is -2.26. The summed E-state index contributed by atoms with van der Waals surface area (Å²) in [5, 5.41) is 3.58. The van der Waals surface area contributed by atoms with Crippen LogP contribution in [0.15, 0.2) is 48.5 Å². The lowest BCUT2D eigenvalue weighted by Crippen LogP contribution is -2.34.